The number of rotatable bonds is 5. The minimum Gasteiger partial charge on any atom is -0.478 e. The fourth-order valence-corrected chi connectivity index (χ4v) is 1.76. The molecular weight excluding hydrogens is 272 g/mol. The summed E-state index contributed by atoms with van der Waals surface area (Å²) in [6.45, 7) is 0. The van der Waals surface area contributed by atoms with Crippen LogP contribution in [0.15, 0.2) is 48.8 Å². The highest BCUT2D eigenvalue weighted by Crippen LogP contribution is 2.15. The average Bonchev–Trinajstić information content (AvgIpc) is 2.48. The van der Waals surface area contributed by atoms with Gasteiger partial charge in [0.05, 0.1) is 17.7 Å². The van der Waals surface area contributed by atoms with Gasteiger partial charge in [-0.15, -0.1) is 0 Å². The molecule has 1 aromatic heterocycles. The van der Waals surface area contributed by atoms with Crippen LogP contribution in [0.1, 0.15) is 27.1 Å². The number of anilines is 1. The Morgan fingerprint density at radius 3 is 2.38 bits per heavy atom. The first-order chi connectivity index (χ1) is 10.1. The van der Waals surface area contributed by atoms with Gasteiger partial charge >= 0.3 is 5.97 Å². The monoisotopic (exact) mass is 284 g/mol. The quantitative estimate of drug-likeness (QED) is 0.646. The zero-order valence-corrected chi connectivity index (χ0v) is 10.9. The molecule has 0 bridgehead atoms. The standard InChI is InChI=1S/C15H12N2O4/c18-13(10-5-7-16-8-6-10)9-14(19)17-12-4-2-1-3-11(12)15(20)21/h1-8H,9H2,(H,17,19)(H,20,21). The Labute approximate surface area is 120 Å². The third kappa shape index (κ3) is 3.73. The van der Waals surface area contributed by atoms with Crippen LogP contribution in [0.5, 0.6) is 0 Å². The van der Waals surface area contributed by atoms with E-state index in [9.17, 15) is 14.4 Å². The number of benzene rings is 1. The Balaban J connectivity index is 2.06. The number of hydrogen-bond acceptors (Lipinski definition) is 4. The molecule has 6 heteroatoms. The predicted molar refractivity (Wildman–Crippen MR) is 75.2 cm³/mol. The van der Waals surface area contributed by atoms with Crippen molar-refractivity contribution in [3.63, 3.8) is 0 Å². The zero-order chi connectivity index (χ0) is 15.2. The number of carboxylic acid groups (broad SMARTS) is 1. The average molecular weight is 284 g/mol. The second-order valence-electron chi connectivity index (χ2n) is 4.23. The number of pyridine rings is 1. The second-order valence-corrected chi connectivity index (χ2v) is 4.23. The van der Waals surface area contributed by atoms with Gasteiger partial charge < -0.3 is 10.4 Å². The lowest BCUT2D eigenvalue weighted by Crippen LogP contribution is -2.18. The van der Waals surface area contributed by atoms with Gasteiger partial charge in [0.2, 0.25) is 5.91 Å². The second kappa shape index (κ2) is 6.42. The number of carbonyl (C=O) groups is 3. The molecule has 0 fully saturated rings. The van der Waals surface area contributed by atoms with Crippen LogP contribution in [0, 0.1) is 0 Å². The number of nitrogens with one attached hydrogen (secondary N) is 1. The molecule has 0 unspecified atom stereocenters. The molecule has 2 aromatic rings. The van der Waals surface area contributed by atoms with Gasteiger partial charge in [-0.2, -0.15) is 0 Å². The number of para-hydroxylation sites is 1. The summed E-state index contributed by atoms with van der Waals surface area (Å²) in [4.78, 5) is 38.5. The van der Waals surface area contributed by atoms with E-state index in [1.807, 2.05) is 0 Å². The van der Waals surface area contributed by atoms with E-state index in [2.05, 4.69) is 10.3 Å². The van der Waals surface area contributed by atoms with Crippen LogP contribution in [0.2, 0.25) is 0 Å². The normalized spacial score (nSPS) is 9.90. The maximum atomic E-state index is 11.9. The molecule has 0 aliphatic rings. The summed E-state index contributed by atoms with van der Waals surface area (Å²) in [7, 11) is 0. The molecule has 2 rings (SSSR count). The Morgan fingerprint density at radius 2 is 1.71 bits per heavy atom. The molecule has 6 nitrogen and oxygen atoms in total. The lowest BCUT2D eigenvalue weighted by Gasteiger charge is -2.07. The first kappa shape index (κ1) is 14.4. The van der Waals surface area contributed by atoms with E-state index >= 15 is 0 Å². The Bertz CT molecular complexity index is 683. The fraction of sp³-hybridized carbons (Fsp3) is 0.0667. The molecule has 0 saturated heterocycles. The summed E-state index contributed by atoms with van der Waals surface area (Å²) in [5, 5.41) is 11.4. The van der Waals surface area contributed by atoms with Crippen LogP contribution in [-0.4, -0.2) is 27.8 Å². The van der Waals surface area contributed by atoms with Gasteiger partial charge in [-0.05, 0) is 24.3 Å². The highest BCUT2D eigenvalue weighted by Gasteiger charge is 2.15. The number of hydrogen-bond donors (Lipinski definition) is 2. The summed E-state index contributed by atoms with van der Waals surface area (Å²) in [5.74, 6) is -2.07. The summed E-state index contributed by atoms with van der Waals surface area (Å²) in [6, 6.07) is 9.04. The number of carbonyl (C=O) groups excluding carboxylic acids is 2. The number of aromatic nitrogens is 1. The molecule has 106 valence electrons. The lowest BCUT2D eigenvalue weighted by atomic mass is 10.1. The van der Waals surface area contributed by atoms with Crippen molar-refractivity contribution in [3.05, 3.63) is 59.9 Å². The van der Waals surface area contributed by atoms with Gasteiger partial charge in [0.1, 0.15) is 0 Å². The summed E-state index contributed by atoms with van der Waals surface area (Å²) < 4.78 is 0. The number of Topliss-reactive ketones (excluding diaryl/α,β-unsaturated/α-hetero) is 1. The topological polar surface area (TPSA) is 96.4 Å². The van der Waals surface area contributed by atoms with Crippen LogP contribution in [0.3, 0.4) is 0 Å². The zero-order valence-electron chi connectivity index (χ0n) is 10.9. The molecule has 0 aliphatic heterocycles. The Morgan fingerprint density at radius 1 is 1.05 bits per heavy atom. The molecule has 1 aromatic carbocycles. The van der Waals surface area contributed by atoms with E-state index in [0.29, 0.717) is 5.56 Å². The lowest BCUT2D eigenvalue weighted by molar-refractivity contribution is -0.115. The van der Waals surface area contributed by atoms with Crippen LogP contribution in [0.25, 0.3) is 0 Å². The van der Waals surface area contributed by atoms with Crippen molar-refractivity contribution in [1.29, 1.82) is 0 Å². The van der Waals surface area contributed by atoms with E-state index in [0.717, 1.165) is 0 Å². The summed E-state index contributed by atoms with van der Waals surface area (Å²) in [6.07, 6.45) is 2.56. The Hall–Kier alpha value is -3.02. The van der Waals surface area contributed by atoms with Crippen LogP contribution in [-0.2, 0) is 4.79 Å². The van der Waals surface area contributed by atoms with Crippen molar-refractivity contribution in [2.75, 3.05) is 5.32 Å². The molecule has 0 aliphatic carbocycles. The fourth-order valence-electron chi connectivity index (χ4n) is 1.76. The highest BCUT2D eigenvalue weighted by atomic mass is 16.4. The van der Waals surface area contributed by atoms with Crippen molar-refractivity contribution in [2.45, 2.75) is 6.42 Å². The van der Waals surface area contributed by atoms with E-state index in [1.54, 1.807) is 12.1 Å². The third-order valence-corrected chi connectivity index (χ3v) is 2.75. The van der Waals surface area contributed by atoms with Gasteiger partial charge in [0, 0.05) is 18.0 Å². The van der Waals surface area contributed by atoms with E-state index < -0.39 is 11.9 Å². The van der Waals surface area contributed by atoms with Crippen molar-refractivity contribution < 1.29 is 19.5 Å². The van der Waals surface area contributed by atoms with Gasteiger partial charge in [-0.1, -0.05) is 12.1 Å². The van der Waals surface area contributed by atoms with Crippen molar-refractivity contribution in [2.24, 2.45) is 0 Å². The van der Waals surface area contributed by atoms with Crippen LogP contribution in [0.4, 0.5) is 5.69 Å². The highest BCUT2D eigenvalue weighted by molar-refractivity contribution is 6.12. The SMILES string of the molecule is O=C(CC(=O)c1ccncc1)Nc1ccccc1C(=O)O. The summed E-state index contributed by atoms with van der Waals surface area (Å²) >= 11 is 0. The first-order valence-electron chi connectivity index (χ1n) is 6.13. The molecule has 0 spiro atoms. The largest absolute Gasteiger partial charge is 0.478 e. The molecule has 0 atom stereocenters. The maximum Gasteiger partial charge on any atom is 0.337 e. The van der Waals surface area contributed by atoms with Crippen LogP contribution >= 0.6 is 0 Å². The molecule has 2 N–H and O–H groups in total. The van der Waals surface area contributed by atoms with E-state index in [-0.39, 0.29) is 23.5 Å². The number of carboxylic acids is 1. The number of nitrogens with zero attached hydrogens (tertiary/aromatic N) is 1. The van der Waals surface area contributed by atoms with Gasteiger partial charge in [-0.3, -0.25) is 14.6 Å². The van der Waals surface area contributed by atoms with E-state index in [4.69, 9.17) is 5.11 Å². The number of amides is 1. The molecule has 0 saturated carbocycles. The Kier molecular flexibility index (Phi) is 4.40. The predicted octanol–water partition coefficient (Wildman–Crippen LogP) is 1.99. The third-order valence-electron chi connectivity index (χ3n) is 2.75. The van der Waals surface area contributed by atoms with Gasteiger partial charge in [0.25, 0.3) is 0 Å². The van der Waals surface area contributed by atoms with Gasteiger partial charge in [0.15, 0.2) is 5.78 Å². The summed E-state index contributed by atoms with van der Waals surface area (Å²) in [5.41, 5.74) is 0.520. The van der Waals surface area contributed by atoms with Crippen molar-refractivity contribution in [3.8, 4) is 0 Å². The molecular formula is C15H12N2O4. The van der Waals surface area contributed by atoms with E-state index in [1.165, 1.54) is 36.7 Å². The van der Waals surface area contributed by atoms with Crippen molar-refractivity contribution >= 4 is 23.3 Å². The molecule has 0 radical (unpaired) electrons. The minimum atomic E-state index is -1.15. The smallest absolute Gasteiger partial charge is 0.337 e. The maximum absolute atomic E-state index is 11.9. The van der Waals surface area contributed by atoms with Crippen LogP contribution < -0.4 is 5.32 Å². The minimum absolute atomic E-state index is 0.0257. The number of aromatic carboxylic acids is 1. The van der Waals surface area contributed by atoms with Gasteiger partial charge in [-0.25, -0.2) is 4.79 Å². The number of ketones is 1. The first-order valence-corrected chi connectivity index (χ1v) is 6.13. The molecule has 1 heterocycles. The molecule has 1 amide bonds. The molecule has 21 heavy (non-hydrogen) atoms. The van der Waals surface area contributed by atoms with Crippen molar-refractivity contribution in [1.82, 2.24) is 4.98 Å².